The molecule has 0 spiro atoms. The zero-order valence-electron chi connectivity index (χ0n) is 11.0. The van der Waals surface area contributed by atoms with E-state index >= 15 is 0 Å². The number of rotatable bonds is 3. The number of hydrogen-bond donors (Lipinski definition) is 0. The Morgan fingerprint density at radius 2 is 2.06 bits per heavy atom. The lowest BCUT2D eigenvalue weighted by molar-refractivity contribution is -0.179. The van der Waals surface area contributed by atoms with Crippen LogP contribution in [0.5, 0.6) is 0 Å². The van der Waals surface area contributed by atoms with Gasteiger partial charge in [-0.2, -0.15) is 0 Å². The molecule has 2 rings (SSSR count). The quantitative estimate of drug-likeness (QED) is 0.438. The molecule has 0 aromatic heterocycles. The van der Waals surface area contributed by atoms with Gasteiger partial charge in [-0.05, 0) is 25.8 Å². The van der Waals surface area contributed by atoms with Gasteiger partial charge in [-0.3, -0.25) is 4.79 Å². The van der Waals surface area contributed by atoms with E-state index in [1.807, 2.05) is 20.8 Å². The molecule has 1 aliphatic heterocycles. The number of carbonyl (C=O) groups is 2. The third kappa shape index (κ3) is 1.26. The molecule has 2 aliphatic rings. The molecule has 1 heterocycles. The van der Waals surface area contributed by atoms with Gasteiger partial charge >= 0.3 is 11.9 Å². The first-order valence-electron chi connectivity index (χ1n) is 6.04. The normalized spacial score (nSPS) is 36.7. The second kappa shape index (κ2) is 3.70. The molecule has 2 fully saturated rings. The van der Waals surface area contributed by atoms with Crippen molar-refractivity contribution in [3.8, 4) is 0 Å². The van der Waals surface area contributed by atoms with Gasteiger partial charge in [-0.1, -0.05) is 26.5 Å². The van der Waals surface area contributed by atoms with Crippen molar-refractivity contribution in [2.24, 2.45) is 10.8 Å². The standard InChI is InChI=1S/C14H18O4/c1-5-6-9-17-11(16)14-8-7-13(4,10(15)18-14)12(14,2)3/h5-6,9H,1,7-8H2,2-4H3/b9-6+/t13-,14+/m1/s1. The van der Waals surface area contributed by atoms with Crippen molar-refractivity contribution in [1.29, 1.82) is 0 Å². The molecule has 4 nitrogen and oxygen atoms in total. The summed E-state index contributed by atoms with van der Waals surface area (Å²) in [5, 5.41) is 0. The highest BCUT2D eigenvalue weighted by Crippen LogP contribution is 2.65. The Balaban J connectivity index is 2.32. The minimum Gasteiger partial charge on any atom is -0.446 e. The summed E-state index contributed by atoms with van der Waals surface area (Å²) in [4.78, 5) is 24.2. The van der Waals surface area contributed by atoms with Crippen LogP contribution in [0.2, 0.25) is 0 Å². The van der Waals surface area contributed by atoms with Crippen LogP contribution in [0.25, 0.3) is 0 Å². The van der Waals surface area contributed by atoms with Crippen molar-refractivity contribution >= 4 is 11.9 Å². The van der Waals surface area contributed by atoms with Crippen molar-refractivity contribution in [2.45, 2.75) is 39.2 Å². The van der Waals surface area contributed by atoms with Crippen LogP contribution >= 0.6 is 0 Å². The van der Waals surface area contributed by atoms with Gasteiger partial charge in [0.2, 0.25) is 5.60 Å². The average molecular weight is 250 g/mol. The number of allylic oxidation sites excluding steroid dienone is 2. The van der Waals surface area contributed by atoms with Crippen molar-refractivity contribution in [3.63, 3.8) is 0 Å². The Morgan fingerprint density at radius 1 is 1.39 bits per heavy atom. The molecule has 98 valence electrons. The fraction of sp³-hybridized carbons (Fsp3) is 0.571. The van der Waals surface area contributed by atoms with Crippen LogP contribution in [0.4, 0.5) is 0 Å². The van der Waals surface area contributed by atoms with E-state index in [-0.39, 0.29) is 5.97 Å². The van der Waals surface area contributed by atoms with Gasteiger partial charge in [0.25, 0.3) is 0 Å². The van der Waals surface area contributed by atoms with E-state index in [0.29, 0.717) is 12.8 Å². The highest BCUT2D eigenvalue weighted by atomic mass is 16.6. The van der Waals surface area contributed by atoms with E-state index < -0.39 is 22.4 Å². The van der Waals surface area contributed by atoms with Gasteiger partial charge < -0.3 is 9.47 Å². The molecule has 4 heteroatoms. The highest BCUT2D eigenvalue weighted by molar-refractivity contribution is 5.93. The summed E-state index contributed by atoms with van der Waals surface area (Å²) in [6, 6.07) is 0. The minimum atomic E-state index is -1.15. The summed E-state index contributed by atoms with van der Waals surface area (Å²) in [5.74, 6) is -0.802. The Hall–Kier alpha value is -1.58. The molecule has 1 saturated heterocycles. The lowest BCUT2D eigenvalue weighted by Crippen LogP contribution is -2.48. The van der Waals surface area contributed by atoms with Gasteiger partial charge in [0.05, 0.1) is 11.7 Å². The molecular weight excluding hydrogens is 232 g/mol. The smallest absolute Gasteiger partial charge is 0.356 e. The Kier molecular flexibility index (Phi) is 2.65. The molecule has 0 radical (unpaired) electrons. The van der Waals surface area contributed by atoms with E-state index in [0.717, 1.165) is 0 Å². The lowest BCUT2D eigenvalue weighted by Gasteiger charge is -2.33. The topological polar surface area (TPSA) is 52.6 Å². The second-order valence-electron chi connectivity index (χ2n) is 5.64. The molecule has 2 atom stereocenters. The molecule has 1 aliphatic carbocycles. The van der Waals surface area contributed by atoms with E-state index in [1.165, 1.54) is 18.4 Å². The maximum atomic E-state index is 12.2. The second-order valence-corrected chi connectivity index (χ2v) is 5.64. The summed E-state index contributed by atoms with van der Waals surface area (Å²) < 4.78 is 10.4. The van der Waals surface area contributed by atoms with Gasteiger partial charge in [0, 0.05) is 5.41 Å². The van der Waals surface area contributed by atoms with Crippen LogP contribution in [0.3, 0.4) is 0 Å². The third-order valence-corrected chi connectivity index (χ3v) is 4.80. The summed E-state index contributed by atoms with van der Waals surface area (Å²) in [7, 11) is 0. The van der Waals surface area contributed by atoms with Crippen LogP contribution in [0.15, 0.2) is 25.0 Å². The Labute approximate surface area is 107 Å². The molecule has 0 N–H and O–H groups in total. The zero-order chi connectivity index (χ0) is 13.6. The van der Waals surface area contributed by atoms with Gasteiger partial charge in [-0.25, -0.2) is 4.79 Å². The zero-order valence-corrected chi connectivity index (χ0v) is 11.0. The van der Waals surface area contributed by atoms with E-state index in [2.05, 4.69) is 6.58 Å². The summed E-state index contributed by atoms with van der Waals surface area (Å²) >= 11 is 0. The molecule has 0 unspecified atom stereocenters. The molecule has 1 saturated carbocycles. The van der Waals surface area contributed by atoms with E-state index in [9.17, 15) is 9.59 Å². The third-order valence-electron chi connectivity index (χ3n) is 4.80. The fourth-order valence-electron chi connectivity index (χ4n) is 2.95. The molecule has 0 aromatic rings. The van der Waals surface area contributed by atoms with Crippen molar-refractivity contribution < 1.29 is 19.1 Å². The first-order chi connectivity index (χ1) is 8.32. The van der Waals surface area contributed by atoms with Crippen LogP contribution in [-0.4, -0.2) is 17.5 Å². The van der Waals surface area contributed by atoms with Crippen LogP contribution < -0.4 is 0 Å². The van der Waals surface area contributed by atoms with Gasteiger partial charge in [0.15, 0.2) is 0 Å². The molecular formula is C14H18O4. The number of fused-ring (bicyclic) bond motifs is 2. The number of esters is 2. The summed E-state index contributed by atoms with van der Waals surface area (Å²) in [6.07, 6.45) is 5.46. The van der Waals surface area contributed by atoms with Gasteiger partial charge in [-0.15, -0.1) is 0 Å². The van der Waals surface area contributed by atoms with E-state index in [1.54, 1.807) is 0 Å². The SMILES string of the molecule is C=C/C=C/OC(=O)[C@]12CC[C@](C)(C(=O)O1)C2(C)C. The van der Waals surface area contributed by atoms with Crippen LogP contribution in [0.1, 0.15) is 33.6 Å². The number of hydrogen-bond acceptors (Lipinski definition) is 4. The first-order valence-corrected chi connectivity index (χ1v) is 6.04. The average Bonchev–Trinajstić information content (AvgIpc) is 2.59. The highest BCUT2D eigenvalue weighted by Gasteiger charge is 2.76. The lowest BCUT2D eigenvalue weighted by atomic mass is 9.66. The molecule has 18 heavy (non-hydrogen) atoms. The monoisotopic (exact) mass is 250 g/mol. The van der Waals surface area contributed by atoms with Crippen molar-refractivity contribution in [1.82, 2.24) is 0 Å². The van der Waals surface area contributed by atoms with Crippen molar-refractivity contribution in [2.75, 3.05) is 0 Å². The molecule has 0 amide bonds. The van der Waals surface area contributed by atoms with Crippen molar-refractivity contribution in [3.05, 3.63) is 25.0 Å². The summed E-state index contributed by atoms with van der Waals surface area (Å²) in [5.41, 5.74) is -2.31. The fourth-order valence-corrected chi connectivity index (χ4v) is 2.95. The van der Waals surface area contributed by atoms with E-state index in [4.69, 9.17) is 9.47 Å². The first kappa shape index (κ1) is 12.9. The molecule has 0 aromatic carbocycles. The van der Waals surface area contributed by atoms with Gasteiger partial charge in [0.1, 0.15) is 0 Å². The largest absolute Gasteiger partial charge is 0.446 e. The minimum absolute atomic E-state index is 0.302. The maximum absolute atomic E-state index is 12.2. The van der Waals surface area contributed by atoms with Crippen LogP contribution in [0, 0.1) is 10.8 Å². The van der Waals surface area contributed by atoms with Crippen LogP contribution in [-0.2, 0) is 19.1 Å². The predicted molar refractivity (Wildman–Crippen MR) is 65.4 cm³/mol. The maximum Gasteiger partial charge on any atom is 0.356 e. The summed E-state index contributed by atoms with van der Waals surface area (Å²) in [6.45, 7) is 9.13. The predicted octanol–water partition coefficient (Wildman–Crippen LogP) is 2.35. The Morgan fingerprint density at radius 3 is 2.50 bits per heavy atom. The number of ether oxygens (including phenoxy) is 2. The Bertz CT molecular complexity index is 449. The number of carbonyl (C=O) groups excluding carboxylic acids is 2. The molecule has 2 bridgehead atoms.